The van der Waals surface area contributed by atoms with Crippen molar-refractivity contribution in [1.82, 2.24) is 14.9 Å². The van der Waals surface area contributed by atoms with Gasteiger partial charge in [0.15, 0.2) is 17.3 Å². The third-order valence-corrected chi connectivity index (χ3v) is 6.24. The average Bonchev–Trinajstić information content (AvgIpc) is 2.87. The lowest BCUT2D eigenvalue weighted by atomic mass is 10.1. The van der Waals surface area contributed by atoms with Crippen molar-refractivity contribution in [3.8, 4) is 17.6 Å². The minimum Gasteiger partial charge on any atom is -0.493 e. The number of nitrogen functional groups attached to an aromatic ring is 1. The van der Waals surface area contributed by atoms with Crippen LogP contribution in [0.4, 0.5) is 16.2 Å². The number of nitriles is 1. The molecule has 1 saturated heterocycles. The minimum absolute atomic E-state index is 0.0465. The zero-order valence-electron chi connectivity index (χ0n) is 19.9. The molecular weight excluding hydrogens is 451 g/mol. The molecule has 182 valence electrons. The second-order valence-corrected chi connectivity index (χ2v) is 8.42. The molecule has 0 saturated carbocycles. The van der Waals surface area contributed by atoms with Crippen LogP contribution in [0.25, 0.3) is 10.9 Å². The summed E-state index contributed by atoms with van der Waals surface area (Å²) in [5.74, 6) is -0.00254. The van der Waals surface area contributed by atoms with Crippen LogP contribution in [0.15, 0.2) is 30.3 Å². The Morgan fingerprint density at radius 1 is 1.23 bits per heavy atom. The van der Waals surface area contributed by atoms with Crippen molar-refractivity contribution in [3.63, 3.8) is 0 Å². The molecule has 2 aromatic carbocycles. The third kappa shape index (κ3) is 4.75. The van der Waals surface area contributed by atoms with Crippen LogP contribution in [0.2, 0.25) is 0 Å². The molecule has 4 rings (SSSR count). The molecule has 3 aromatic rings. The Bertz CT molecular complexity index is 1290. The Balaban J connectivity index is 1.47. The number of anilines is 2. The van der Waals surface area contributed by atoms with Crippen LogP contribution in [0.3, 0.4) is 0 Å². The SMILES string of the molecule is COc1cc2c(N)nc(N3CCN(C(=O)CCc4ccc(C#N)cc4)C[C@@H]3C)nc2c(F)c1OC. The molecule has 35 heavy (non-hydrogen) atoms. The van der Waals surface area contributed by atoms with E-state index >= 15 is 4.39 Å². The summed E-state index contributed by atoms with van der Waals surface area (Å²) < 4.78 is 25.5. The fourth-order valence-electron chi connectivity index (χ4n) is 4.30. The van der Waals surface area contributed by atoms with Crippen LogP contribution in [0.5, 0.6) is 11.5 Å². The molecule has 1 atom stereocenters. The van der Waals surface area contributed by atoms with Crippen molar-refractivity contribution < 1.29 is 18.7 Å². The normalized spacial score (nSPS) is 15.7. The van der Waals surface area contributed by atoms with Gasteiger partial charge in [0.2, 0.25) is 11.9 Å². The van der Waals surface area contributed by atoms with E-state index in [9.17, 15) is 4.79 Å². The van der Waals surface area contributed by atoms with E-state index in [2.05, 4.69) is 16.0 Å². The first kappa shape index (κ1) is 24.0. The molecule has 0 radical (unpaired) electrons. The summed E-state index contributed by atoms with van der Waals surface area (Å²) in [5.41, 5.74) is 7.82. The summed E-state index contributed by atoms with van der Waals surface area (Å²) in [6.07, 6.45) is 0.985. The van der Waals surface area contributed by atoms with Crippen LogP contribution in [-0.4, -0.2) is 60.7 Å². The van der Waals surface area contributed by atoms with Gasteiger partial charge in [-0.25, -0.2) is 9.37 Å². The number of piperazine rings is 1. The van der Waals surface area contributed by atoms with E-state index in [4.69, 9.17) is 20.5 Å². The number of nitrogens with two attached hydrogens (primary N) is 1. The molecule has 1 aliphatic heterocycles. The Morgan fingerprint density at radius 2 is 1.97 bits per heavy atom. The highest BCUT2D eigenvalue weighted by atomic mass is 19.1. The van der Waals surface area contributed by atoms with Gasteiger partial charge in [-0.2, -0.15) is 10.2 Å². The topological polar surface area (TPSA) is 118 Å². The van der Waals surface area contributed by atoms with Crippen molar-refractivity contribution in [1.29, 1.82) is 5.26 Å². The molecule has 0 aliphatic carbocycles. The van der Waals surface area contributed by atoms with Gasteiger partial charge in [-0.3, -0.25) is 4.79 Å². The van der Waals surface area contributed by atoms with E-state index in [1.165, 1.54) is 14.2 Å². The number of carbonyl (C=O) groups is 1. The number of benzene rings is 2. The largest absolute Gasteiger partial charge is 0.493 e. The van der Waals surface area contributed by atoms with E-state index in [0.717, 1.165) is 5.56 Å². The van der Waals surface area contributed by atoms with Gasteiger partial charge in [-0.1, -0.05) is 12.1 Å². The van der Waals surface area contributed by atoms with Gasteiger partial charge < -0.3 is 25.0 Å². The first-order valence-corrected chi connectivity index (χ1v) is 11.3. The number of carbonyl (C=O) groups excluding carboxylic acids is 1. The lowest BCUT2D eigenvalue weighted by Crippen LogP contribution is -2.54. The number of methoxy groups -OCH3 is 2. The molecule has 9 nitrogen and oxygen atoms in total. The highest BCUT2D eigenvalue weighted by Gasteiger charge is 2.29. The van der Waals surface area contributed by atoms with Gasteiger partial charge in [0.1, 0.15) is 11.3 Å². The summed E-state index contributed by atoms with van der Waals surface area (Å²) >= 11 is 0. The first-order valence-electron chi connectivity index (χ1n) is 11.3. The molecule has 10 heteroatoms. The number of aryl methyl sites for hydroxylation is 1. The van der Waals surface area contributed by atoms with Gasteiger partial charge in [0.25, 0.3) is 0 Å². The fourth-order valence-corrected chi connectivity index (χ4v) is 4.30. The standard InChI is InChI=1S/C25H27FN6O3/c1-15-14-31(20(33)9-8-16-4-6-17(13-27)7-5-16)10-11-32(15)25-29-22-18(24(28)30-25)12-19(34-2)23(35-3)21(22)26/h4-7,12,15H,8-11,14H2,1-3H3,(H2,28,29,30)/t15-/m0/s1. The van der Waals surface area contributed by atoms with Crippen molar-refractivity contribution in [2.75, 3.05) is 44.5 Å². The highest BCUT2D eigenvalue weighted by molar-refractivity contribution is 5.92. The van der Waals surface area contributed by atoms with Gasteiger partial charge in [0.05, 0.1) is 25.9 Å². The first-order chi connectivity index (χ1) is 16.9. The van der Waals surface area contributed by atoms with Gasteiger partial charge in [-0.15, -0.1) is 0 Å². The monoisotopic (exact) mass is 478 g/mol. The summed E-state index contributed by atoms with van der Waals surface area (Å²) in [7, 11) is 2.78. The quantitative estimate of drug-likeness (QED) is 0.575. The fraction of sp³-hybridized carbons (Fsp3) is 0.360. The molecule has 1 aromatic heterocycles. The van der Waals surface area contributed by atoms with E-state index < -0.39 is 5.82 Å². The number of halogens is 1. The van der Waals surface area contributed by atoms with Crippen LogP contribution in [0, 0.1) is 17.1 Å². The number of hydrogen-bond acceptors (Lipinski definition) is 8. The number of hydrogen-bond donors (Lipinski definition) is 1. The third-order valence-electron chi connectivity index (χ3n) is 6.24. The van der Waals surface area contributed by atoms with Crippen LogP contribution >= 0.6 is 0 Å². The Morgan fingerprint density at radius 3 is 2.60 bits per heavy atom. The second-order valence-electron chi connectivity index (χ2n) is 8.42. The molecule has 1 fully saturated rings. The minimum atomic E-state index is -0.665. The lowest BCUT2D eigenvalue weighted by Gasteiger charge is -2.40. The van der Waals surface area contributed by atoms with Crippen molar-refractivity contribution >= 4 is 28.6 Å². The number of rotatable bonds is 6. The molecule has 2 heterocycles. The average molecular weight is 479 g/mol. The van der Waals surface area contributed by atoms with Crippen molar-refractivity contribution in [3.05, 3.63) is 47.3 Å². The Hall–Kier alpha value is -4.13. The summed E-state index contributed by atoms with van der Waals surface area (Å²) in [4.78, 5) is 25.4. The van der Waals surface area contributed by atoms with Gasteiger partial charge >= 0.3 is 0 Å². The maximum absolute atomic E-state index is 15.1. The number of aromatic nitrogens is 2. The van der Waals surface area contributed by atoms with Gasteiger partial charge in [-0.05, 0) is 37.1 Å². The van der Waals surface area contributed by atoms with E-state index in [1.807, 2.05) is 28.9 Å². The van der Waals surface area contributed by atoms with E-state index in [0.29, 0.717) is 49.4 Å². The smallest absolute Gasteiger partial charge is 0.228 e. The molecule has 1 aliphatic rings. The van der Waals surface area contributed by atoms with Crippen LogP contribution in [-0.2, 0) is 11.2 Å². The molecule has 0 spiro atoms. The number of ether oxygens (including phenoxy) is 2. The number of fused-ring (bicyclic) bond motifs is 1. The maximum atomic E-state index is 15.1. The summed E-state index contributed by atoms with van der Waals surface area (Å²) in [5, 5.41) is 9.25. The maximum Gasteiger partial charge on any atom is 0.228 e. The number of amides is 1. The molecule has 1 amide bonds. The summed E-state index contributed by atoms with van der Waals surface area (Å²) in [6.45, 7) is 3.44. The zero-order valence-corrected chi connectivity index (χ0v) is 19.9. The van der Waals surface area contributed by atoms with Crippen molar-refractivity contribution in [2.24, 2.45) is 0 Å². The predicted molar refractivity (Wildman–Crippen MR) is 130 cm³/mol. The highest BCUT2D eigenvalue weighted by Crippen LogP contribution is 2.37. The molecule has 2 N–H and O–H groups in total. The van der Waals surface area contributed by atoms with Crippen LogP contribution < -0.4 is 20.1 Å². The van der Waals surface area contributed by atoms with E-state index in [1.54, 1.807) is 18.2 Å². The lowest BCUT2D eigenvalue weighted by molar-refractivity contribution is -0.131. The Labute approximate surface area is 202 Å². The zero-order chi connectivity index (χ0) is 25.1. The molecule has 0 bridgehead atoms. The van der Waals surface area contributed by atoms with Crippen molar-refractivity contribution in [2.45, 2.75) is 25.8 Å². The van der Waals surface area contributed by atoms with E-state index in [-0.39, 0.29) is 34.8 Å². The molecule has 0 unspecified atom stereocenters. The van der Waals surface area contributed by atoms with Gasteiger partial charge in [0, 0.05) is 37.5 Å². The molecular formula is C25H27FN6O3. The van der Waals surface area contributed by atoms with Crippen LogP contribution in [0.1, 0.15) is 24.5 Å². The number of nitrogens with zero attached hydrogens (tertiary/aromatic N) is 5. The summed E-state index contributed by atoms with van der Waals surface area (Å²) in [6, 6.07) is 10.8. The predicted octanol–water partition coefficient (Wildman–Crippen LogP) is 2.91. The second kappa shape index (κ2) is 10.0. The Kier molecular flexibility index (Phi) is 6.87.